The van der Waals surface area contributed by atoms with Crippen LogP contribution in [0.2, 0.25) is 0 Å². The van der Waals surface area contributed by atoms with Gasteiger partial charge >= 0.3 is 0 Å². The first-order chi connectivity index (χ1) is 30.3. The second-order valence-corrected chi connectivity index (χ2v) is 16.0. The van der Waals surface area contributed by atoms with Gasteiger partial charge in [-0.15, -0.1) is 0 Å². The van der Waals surface area contributed by atoms with Crippen LogP contribution in [-0.4, -0.2) is 0 Å². The van der Waals surface area contributed by atoms with Crippen LogP contribution < -0.4 is 9.80 Å². The molecular formula is C59H40N2. The van der Waals surface area contributed by atoms with Crippen LogP contribution in [0.5, 0.6) is 0 Å². The van der Waals surface area contributed by atoms with Crippen LogP contribution >= 0.6 is 0 Å². The molecule has 0 N–H and O–H groups in total. The molecule has 286 valence electrons. The Kier molecular flexibility index (Phi) is 8.11. The normalized spacial score (nSPS) is 14.3. The summed E-state index contributed by atoms with van der Waals surface area (Å²) in [6.07, 6.45) is 0. The second kappa shape index (κ2) is 14.1. The zero-order valence-corrected chi connectivity index (χ0v) is 33.5. The van der Waals surface area contributed by atoms with Gasteiger partial charge in [0.25, 0.3) is 0 Å². The number of hydrogen-bond donors (Lipinski definition) is 0. The maximum Gasteiger partial charge on any atom is 0.0732 e. The highest BCUT2D eigenvalue weighted by molar-refractivity contribution is 6.04. The number of para-hydroxylation sites is 4. The topological polar surface area (TPSA) is 6.48 Å². The van der Waals surface area contributed by atoms with Gasteiger partial charge in [0, 0.05) is 22.7 Å². The van der Waals surface area contributed by atoms with Crippen LogP contribution in [0, 0.1) is 0 Å². The van der Waals surface area contributed by atoms with E-state index in [1.807, 2.05) is 0 Å². The lowest BCUT2D eigenvalue weighted by Gasteiger charge is -2.35. The van der Waals surface area contributed by atoms with E-state index in [0.29, 0.717) is 0 Å². The lowest BCUT2D eigenvalue weighted by atomic mass is 9.69. The smallest absolute Gasteiger partial charge is 0.0732 e. The van der Waals surface area contributed by atoms with Crippen molar-refractivity contribution in [3.8, 4) is 33.4 Å². The van der Waals surface area contributed by atoms with Crippen molar-refractivity contribution in [1.82, 2.24) is 0 Å². The minimum absolute atomic E-state index is 0.507. The molecule has 1 atom stereocenters. The molecule has 10 aromatic rings. The zero-order valence-electron chi connectivity index (χ0n) is 33.5. The van der Waals surface area contributed by atoms with Crippen molar-refractivity contribution in [3.63, 3.8) is 0 Å². The maximum atomic E-state index is 2.49. The molecule has 0 bridgehead atoms. The SMILES string of the molecule is c1ccc(-c2ccc(N(c3ccccc3)c3ccccc3N(c3ccccc3)c3ccc4c(c3)C3(c5ccccc5-4)c4ccccc4-c4ccc5ccccc5c43)cc2)cc1. The van der Waals surface area contributed by atoms with Gasteiger partial charge in [-0.2, -0.15) is 0 Å². The Morgan fingerprint density at radius 2 is 0.721 bits per heavy atom. The van der Waals surface area contributed by atoms with E-state index in [1.165, 1.54) is 66.4 Å². The van der Waals surface area contributed by atoms with Gasteiger partial charge in [0.2, 0.25) is 0 Å². The van der Waals surface area contributed by atoms with E-state index in [0.717, 1.165) is 34.1 Å². The predicted molar refractivity (Wildman–Crippen MR) is 255 cm³/mol. The molecule has 2 heteroatoms. The Balaban J connectivity index is 1.10. The lowest BCUT2D eigenvalue weighted by molar-refractivity contribution is 0.801. The van der Waals surface area contributed by atoms with Crippen molar-refractivity contribution in [1.29, 1.82) is 0 Å². The molecule has 1 spiro atoms. The number of anilines is 6. The van der Waals surface area contributed by atoms with Gasteiger partial charge in [0.15, 0.2) is 0 Å². The summed E-state index contributed by atoms with van der Waals surface area (Å²) in [4.78, 5) is 4.84. The molecule has 0 saturated heterocycles. The van der Waals surface area contributed by atoms with E-state index in [9.17, 15) is 0 Å². The largest absolute Gasteiger partial charge is 0.308 e. The molecule has 0 saturated carbocycles. The summed E-state index contributed by atoms with van der Waals surface area (Å²) in [5.74, 6) is 0. The predicted octanol–water partition coefficient (Wildman–Crippen LogP) is 15.8. The van der Waals surface area contributed by atoms with Gasteiger partial charge in [0.05, 0.1) is 16.8 Å². The lowest BCUT2D eigenvalue weighted by Crippen LogP contribution is -2.26. The molecule has 10 aromatic carbocycles. The monoisotopic (exact) mass is 776 g/mol. The van der Waals surface area contributed by atoms with Gasteiger partial charge in [-0.3, -0.25) is 0 Å². The molecule has 0 aromatic heterocycles. The van der Waals surface area contributed by atoms with Crippen molar-refractivity contribution in [3.05, 3.63) is 265 Å². The molecule has 0 fully saturated rings. The highest BCUT2D eigenvalue weighted by Crippen LogP contribution is 2.64. The Morgan fingerprint density at radius 1 is 0.279 bits per heavy atom. The van der Waals surface area contributed by atoms with Crippen molar-refractivity contribution in [2.45, 2.75) is 5.41 Å². The fourth-order valence-corrected chi connectivity index (χ4v) is 10.3. The molecule has 0 aliphatic heterocycles. The van der Waals surface area contributed by atoms with Gasteiger partial charge in [0.1, 0.15) is 0 Å². The Morgan fingerprint density at radius 3 is 1.38 bits per heavy atom. The molecule has 2 aliphatic carbocycles. The average Bonchev–Trinajstić information content (AvgIpc) is 3.81. The van der Waals surface area contributed by atoms with Crippen LogP contribution in [0.3, 0.4) is 0 Å². The first-order valence-corrected chi connectivity index (χ1v) is 21.1. The fourth-order valence-electron chi connectivity index (χ4n) is 10.3. The molecule has 2 aliphatic rings. The molecule has 12 rings (SSSR count). The third kappa shape index (κ3) is 5.36. The summed E-state index contributed by atoms with van der Waals surface area (Å²) < 4.78 is 0. The quantitative estimate of drug-likeness (QED) is 0.159. The summed E-state index contributed by atoms with van der Waals surface area (Å²) in [6.45, 7) is 0. The first-order valence-electron chi connectivity index (χ1n) is 21.1. The molecule has 61 heavy (non-hydrogen) atoms. The van der Waals surface area contributed by atoms with Gasteiger partial charge < -0.3 is 9.80 Å². The Labute approximate surface area is 356 Å². The van der Waals surface area contributed by atoms with Gasteiger partial charge in [-0.25, -0.2) is 0 Å². The van der Waals surface area contributed by atoms with Crippen molar-refractivity contribution >= 4 is 44.9 Å². The highest BCUT2D eigenvalue weighted by Gasteiger charge is 2.52. The standard InChI is InChI=1S/C59H40N2/c1-4-18-41(19-5-1)42-32-35-46(36-33-42)60(44-21-6-2-7-22-44)56-30-16-17-31-57(56)61(45-23-8-3-9-24-45)47-37-39-51-49-26-12-14-28-53(49)59(55(51)40-47)54-29-15-13-27-50(54)52-38-34-43-20-10-11-25-48(43)58(52)59/h1-40H. The van der Waals surface area contributed by atoms with Crippen LogP contribution in [0.15, 0.2) is 243 Å². The van der Waals surface area contributed by atoms with E-state index in [1.54, 1.807) is 0 Å². The molecule has 0 amide bonds. The third-order valence-electron chi connectivity index (χ3n) is 12.8. The number of nitrogens with zero attached hydrogens (tertiary/aromatic N) is 2. The molecule has 2 nitrogen and oxygen atoms in total. The second-order valence-electron chi connectivity index (χ2n) is 16.0. The third-order valence-corrected chi connectivity index (χ3v) is 12.8. The van der Waals surface area contributed by atoms with E-state index >= 15 is 0 Å². The fraction of sp³-hybridized carbons (Fsp3) is 0.0169. The van der Waals surface area contributed by atoms with E-state index in [-0.39, 0.29) is 0 Å². The van der Waals surface area contributed by atoms with Gasteiger partial charge in [-0.1, -0.05) is 182 Å². The minimum Gasteiger partial charge on any atom is -0.308 e. The summed E-state index contributed by atoms with van der Waals surface area (Å²) in [5.41, 5.74) is 18.9. The van der Waals surface area contributed by atoms with Crippen LogP contribution in [0.4, 0.5) is 34.1 Å². The molecule has 0 heterocycles. The maximum absolute atomic E-state index is 2.49. The number of hydrogen-bond acceptors (Lipinski definition) is 2. The number of benzene rings is 10. The van der Waals surface area contributed by atoms with Crippen molar-refractivity contribution in [2.24, 2.45) is 0 Å². The minimum atomic E-state index is -0.507. The number of fused-ring (bicyclic) bond motifs is 12. The summed E-state index contributed by atoms with van der Waals surface area (Å²) in [6, 6.07) is 88.9. The molecule has 0 radical (unpaired) electrons. The highest BCUT2D eigenvalue weighted by atomic mass is 15.2. The van der Waals surface area contributed by atoms with Crippen molar-refractivity contribution < 1.29 is 0 Å². The summed E-state index contributed by atoms with van der Waals surface area (Å²) in [5, 5.41) is 2.56. The number of rotatable bonds is 7. The van der Waals surface area contributed by atoms with Crippen LogP contribution in [-0.2, 0) is 5.41 Å². The van der Waals surface area contributed by atoms with Crippen molar-refractivity contribution in [2.75, 3.05) is 9.80 Å². The van der Waals surface area contributed by atoms with E-state index in [4.69, 9.17) is 0 Å². The Bertz CT molecular complexity index is 3230. The molecule has 1 unspecified atom stereocenters. The molecular weight excluding hydrogens is 737 g/mol. The van der Waals surface area contributed by atoms with E-state index in [2.05, 4.69) is 252 Å². The average molecular weight is 777 g/mol. The first kappa shape index (κ1) is 35.0. The van der Waals surface area contributed by atoms with E-state index < -0.39 is 5.41 Å². The summed E-state index contributed by atoms with van der Waals surface area (Å²) >= 11 is 0. The Hall–Kier alpha value is -7.94. The van der Waals surface area contributed by atoms with Gasteiger partial charge in [-0.05, 0) is 127 Å². The van der Waals surface area contributed by atoms with Crippen LogP contribution in [0.25, 0.3) is 44.2 Å². The summed E-state index contributed by atoms with van der Waals surface area (Å²) in [7, 11) is 0. The zero-order chi connectivity index (χ0) is 40.3. The van der Waals surface area contributed by atoms with Crippen LogP contribution in [0.1, 0.15) is 22.3 Å².